The quantitative estimate of drug-likeness (QED) is 0.621. The van der Waals surface area contributed by atoms with E-state index in [4.69, 9.17) is 12.2 Å². The first-order chi connectivity index (χ1) is 11.9. The Balaban J connectivity index is 1.49. The fraction of sp³-hybridized carbons (Fsp3) is 0.300. The summed E-state index contributed by atoms with van der Waals surface area (Å²) in [4.78, 5) is 7.37. The first-order valence-corrected chi connectivity index (χ1v) is 8.86. The van der Waals surface area contributed by atoms with Gasteiger partial charge in [0, 0.05) is 13.1 Å². The largest absolute Gasteiger partial charge is 0.359 e. The molecule has 130 valence electrons. The molecule has 0 aliphatic heterocycles. The average Bonchev–Trinajstić information content (AvgIpc) is 3.05. The molecule has 0 amide bonds. The van der Waals surface area contributed by atoms with Crippen LogP contribution in [-0.4, -0.2) is 15.1 Å². The van der Waals surface area contributed by atoms with Crippen LogP contribution in [0.4, 0.5) is 0 Å². The summed E-state index contributed by atoms with van der Waals surface area (Å²) >= 11 is 5.37. The van der Waals surface area contributed by atoms with Crippen molar-refractivity contribution in [2.75, 3.05) is 0 Å². The van der Waals surface area contributed by atoms with Gasteiger partial charge >= 0.3 is 0 Å². The predicted octanol–water partition coefficient (Wildman–Crippen LogP) is 4.02. The molecule has 0 bridgehead atoms. The molecule has 0 radical (unpaired) electrons. The van der Waals surface area contributed by atoms with Crippen LogP contribution in [0.2, 0.25) is 0 Å². The monoisotopic (exact) mass is 352 g/mol. The van der Waals surface area contributed by atoms with Crippen LogP contribution in [0.3, 0.4) is 0 Å². The van der Waals surface area contributed by atoms with Crippen molar-refractivity contribution in [3.8, 4) is 0 Å². The van der Waals surface area contributed by atoms with Crippen molar-refractivity contribution >= 4 is 28.4 Å². The van der Waals surface area contributed by atoms with Crippen LogP contribution >= 0.6 is 12.2 Å². The Morgan fingerprint density at radius 1 is 1.00 bits per heavy atom. The van der Waals surface area contributed by atoms with Gasteiger partial charge in [-0.25, -0.2) is 4.98 Å². The first kappa shape index (κ1) is 17.4. The highest BCUT2D eigenvalue weighted by atomic mass is 32.1. The molecular formula is C20H24N4S. The number of rotatable bonds is 4. The third-order valence-electron chi connectivity index (χ3n) is 4.21. The van der Waals surface area contributed by atoms with Gasteiger partial charge in [0.15, 0.2) is 5.11 Å². The summed E-state index contributed by atoms with van der Waals surface area (Å²) in [5, 5.41) is 7.16. The highest BCUT2D eigenvalue weighted by Gasteiger charge is 2.12. The molecule has 3 N–H and O–H groups in total. The Morgan fingerprint density at radius 2 is 1.64 bits per heavy atom. The van der Waals surface area contributed by atoms with Gasteiger partial charge in [-0.2, -0.15) is 0 Å². The standard InChI is InChI=1S/C20H24N4S/c1-20(2,3)16-7-4-14(5-8-16)11-21-19(25)22-12-15-6-9-17-18(10-15)24-13-23-17/h4-10,13H,11-12H2,1-3H3,(H,23,24)(H2,21,22,25). The number of nitrogens with zero attached hydrogens (tertiary/aromatic N) is 1. The molecule has 0 saturated carbocycles. The molecule has 1 heterocycles. The van der Waals surface area contributed by atoms with Crippen LogP contribution in [-0.2, 0) is 18.5 Å². The maximum absolute atomic E-state index is 5.37. The van der Waals surface area contributed by atoms with Gasteiger partial charge in [-0.3, -0.25) is 0 Å². The van der Waals surface area contributed by atoms with Crippen LogP contribution in [0.15, 0.2) is 48.8 Å². The van der Waals surface area contributed by atoms with E-state index in [9.17, 15) is 0 Å². The summed E-state index contributed by atoms with van der Waals surface area (Å²) in [5.41, 5.74) is 5.90. The molecule has 0 aliphatic carbocycles. The number of aromatic nitrogens is 2. The van der Waals surface area contributed by atoms with E-state index in [1.807, 2.05) is 6.07 Å². The zero-order valence-electron chi connectivity index (χ0n) is 14.9. The van der Waals surface area contributed by atoms with Crippen molar-refractivity contribution in [1.82, 2.24) is 20.6 Å². The topological polar surface area (TPSA) is 52.7 Å². The minimum absolute atomic E-state index is 0.179. The Morgan fingerprint density at radius 3 is 2.32 bits per heavy atom. The number of imidazole rings is 1. The number of fused-ring (bicyclic) bond motifs is 1. The van der Waals surface area contributed by atoms with E-state index in [-0.39, 0.29) is 5.41 Å². The maximum Gasteiger partial charge on any atom is 0.166 e. The molecule has 0 saturated heterocycles. The van der Waals surface area contributed by atoms with E-state index in [1.54, 1.807) is 6.33 Å². The number of hydrogen-bond donors (Lipinski definition) is 3. The molecule has 5 heteroatoms. The van der Waals surface area contributed by atoms with Gasteiger partial charge < -0.3 is 15.6 Å². The number of nitrogens with one attached hydrogen (secondary N) is 3. The Kier molecular flexibility index (Phi) is 5.04. The minimum atomic E-state index is 0.179. The zero-order valence-corrected chi connectivity index (χ0v) is 15.7. The minimum Gasteiger partial charge on any atom is -0.359 e. The number of benzene rings is 2. The maximum atomic E-state index is 5.37. The highest BCUT2D eigenvalue weighted by molar-refractivity contribution is 7.80. The third-order valence-corrected chi connectivity index (χ3v) is 4.50. The van der Waals surface area contributed by atoms with Crippen LogP contribution in [0.25, 0.3) is 11.0 Å². The van der Waals surface area contributed by atoms with E-state index in [1.165, 1.54) is 11.1 Å². The summed E-state index contributed by atoms with van der Waals surface area (Å²) in [6, 6.07) is 14.9. The van der Waals surface area contributed by atoms with Gasteiger partial charge in [-0.1, -0.05) is 51.1 Å². The summed E-state index contributed by atoms with van der Waals surface area (Å²) < 4.78 is 0. The van der Waals surface area contributed by atoms with E-state index >= 15 is 0 Å². The van der Waals surface area contributed by atoms with Crippen molar-refractivity contribution in [2.24, 2.45) is 0 Å². The molecular weight excluding hydrogens is 328 g/mol. The lowest BCUT2D eigenvalue weighted by Gasteiger charge is -2.19. The molecule has 1 aromatic heterocycles. The van der Waals surface area contributed by atoms with Crippen LogP contribution in [0.1, 0.15) is 37.5 Å². The predicted molar refractivity (Wildman–Crippen MR) is 108 cm³/mol. The summed E-state index contributed by atoms with van der Waals surface area (Å²) in [7, 11) is 0. The SMILES string of the molecule is CC(C)(C)c1ccc(CNC(=S)NCc2ccc3[nH]cnc3c2)cc1. The van der Waals surface area contributed by atoms with Crippen molar-refractivity contribution in [1.29, 1.82) is 0 Å². The Labute approximate surface area is 154 Å². The molecule has 3 rings (SSSR count). The fourth-order valence-corrected chi connectivity index (χ4v) is 2.78. The summed E-state index contributed by atoms with van der Waals surface area (Å²) in [6.45, 7) is 8.06. The smallest absolute Gasteiger partial charge is 0.166 e. The molecule has 0 fully saturated rings. The molecule has 25 heavy (non-hydrogen) atoms. The van der Waals surface area contributed by atoms with E-state index in [2.05, 4.69) is 77.8 Å². The van der Waals surface area contributed by atoms with Gasteiger partial charge in [-0.15, -0.1) is 0 Å². The number of H-pyrrole nitrogens is 1. The van der Waals surface area contributed by atoms with Crippen molar-refractivity contribution in [3.63, 3.8) is 0 Å². The van der Waals surface area contributed by atoms with Gasteiger partial charge in [0.1, 0.15) is 0 Å². The van der Waals surface area contributed by atoms with Crippen LogP contribution in [0, 0.1) is 0 Å². The van der Waals surface area contributed by atoms with Gasteiger partial charge in [0.05, 0.1) is 17.4 Å². The Hall–Kier alpha value is -2.40. The fourth-order valence-electron chi connectivity index (χ4n) is 2.64. The van der Waals surface area contributed by atoms with Gasteiger partial charge in [0.25, 0.3) is 0 Å². The summed E-state index contributed by atoms with van der Waals surface area (Å²) in [5.74, 6) is 0. The van der Waals surface area contributed by atoms with E-state index < -0.39 is 0 Å². The van der Waals surface area contributed by atoms with E-state index in [0.29, 0.717) is 18.2 Å². The molecule has 0 aliphatic rings. The molecule has 0 atom stereocenters. The van der Waals surface area contributed by atoms with Crippen molar-refractivity contribution < 1.29 is 0 Å². The normalized spacial score (nSPS) is 11.5. The molecule has 2 aromatic carbocycles. The van der Waals surface area contributed by atoms with Gasteiger partial charge in [-0.05, 0) is 46.5 Å². The molecule has 0 unspecified atom stereocenters. The summed E-state index contributed by atoms with van der Waals surface area (Å²) in [6.07, 6.45) is 1.71. The zero-order chi connectivity index (χ0) is 17.9. The number of thiocarbonyl (C=S) groups is 1. The first-order valence-electron chi connectivity index (χ1n) is 8.45. The second-order valence-corrected chi connectivity index (χ2v) is 7.65. The van der Waals surface area contributed by atoms with Crippen molar-refractivity contribution in [3.05, 3.63) is 65.5 Å². The average molecular weight is 353 g/mol. The van der Waals surface area contributed by atoms with Crippen LogP contribution < -0.4 is 10.6 Å². The second kappa shape index (κ2) is 7.23. The lowest BCUT2D eigenvalue weighted by molar-refractivity contribution is 0.590. The van der Waals surface area contributed by atoms with Gasteiger partial charge in [0.2, 0.25) is 0 Å². The number of hydrogen-bond acceptors (Lipinski definition) is 2. The number of aromatic amines is 1. The Bertz CT molecular complexity index is 859. The highest BCUT2D eigenvalue weighted by Crippen LogP contribution is 2.22. The van der Waals surface area contributed by atoms with E-state index in [0.717, 1.165) is 16.6 Å². The molecule has 0 spiro atoms. The second-order valence-electron chi connectivity index (χ2n) is 7.24. The third kappa shape index (κ3) is 4.57. The van der Waals surface area contributed by atoms with Crippen LogP contribution in [0.5, 0.6) is 0 Å². The lowest BCUT2D eigenvalue weighted by Crippen LogP contribution is -2.34. The molecule has 4 nitrogen and oxygen atoms in total. The van der Waals surface area contributed by atoms with Crippen molar-refractivity contribution in [2.45, 2.75) is 39.3 Å². The lowest BCUT2D eigenvalue weighted by atomic mass is 9.87. The molecule has 3 aromatic rings.